The number of anilines is 1. The van der Waals surface area contributed by atoms with Gasteiger partial charge in [0.15, 0.2) is 5.78 Å². The molecule has 0 atom stereocenters. The van der Waals surface area contributed by atoms with Crippen molar-refractivity contribution >= 4 is 45.3 Å². The molecule has 1 N–H and O–H groups in total. The van der Waals surface area contributed by atoms with Crippen molar-refractivity contribution in [1.29, 1.82) is 0 Å². The fourth-order valence-electron chi connectivity index (χ4n) is 2.53. The first-order valence-electron chi connectivity index (χ1n) is 8.07. The third-order valence-electron chi connectivity index (χ3n) is 3.85. The van der Waals surface area contributed by atoms with Crippen molar-refractivity contribution in [2.24, 2.45) is 0 Å². The van der Waals surface area contributed by atoms with Crippen LogP contribution in [0.2, 0.25) is 0 Å². The number of ketones is 1. The van der Waals surface area contributed by atoms with E-state index in [2.05, 4.69) is 15.4 Å². The minimum absolute atomic E-state index is 0.0578. The molecule has 0 saturated carbocycles. The molecule has 0 aliphatic heterocycles. The fraction of sp³-hybridized carbons (Fsp3) is 0.111. The zero-order valence-electron chi connectivity index (χ0n) is 13.9. The predicted octanol–water partition coefficient (Wildman–Crippen LogP) is 4.26. The van der Waals surface area contributed by atoms with E-state index < -0.39 is 0 Å². The molecule has 136 valence electrons. The van der Waals surface area contributed by atoms with Gasteiger partial charge in [-0.2, -0.15) is 4.98 Å². The fourth-order valence-corrected chi connectivity index (χ4v) is 4.05. The summed E-state index contributed by atoms with van der Waals surface area (Å²) in [7, 11) is 0. The lowest BCUT2D eigenvalue weighted by Crippen LogP contribution is -2.14. The molecule has 0 spiro atoms. The molecule has 27 heavy (non-hydrogen) atoms. The van der Waals surface area contributed by atoms with Gasteiger partial charge in [-0.15, -0.1) is 27.8 Å². The molecule has 0 unspecified atom stereocenters. The van der Waals surface area contributed by atoms with Gasteiger partial charge < -0.3 is 0 Å². The quantitative estimate of drug-likeness (QED) is 0.491. The summed E-state index contributed by atoms with van der Waals surface area (Å²) in [4.78, 5) is 29.6. The second-order valence-electron chi connectivity index (χ2n) is 5.71. The van der Waals surface area contributed by atoms with E-state index in [1.807, 2.05) is 10.8 Å². The molecule has 4 rings (SSSR count). The number of rotatable bonds is 6. The number of hydrogen-bond donors (Lipinski definition) is 1. The molecular weight excluding hydrogens is 387 g/mol. The number of Topliss-reactive ketones (excluding diaryl/α,β-unsaturated/α-hetero) is 1. The molecular formula is C18H13FN4O2S2. The number of nitrogens with one attached hydrogen (secondary N) is 1. The Morgan fingerprint density at radius 1 is 1.11 bits per heavy atom. The van der Waals surface area contributed by atoms with E-state index in [-0.39, 0.29) is 36.3 Å². The lowest BCUT2D eigenvalue weighted by molar-refractivity contribution is -0.116. The van der Waals surface area contributed by atoms with Crippen LogP contribution in [0.25, 0.3) is 16.2 Å². The zero-order chi connectivity index (χ0) is 18.8. The van der Waals surface area contributed by atoms with Gasteiger partial charge in [-0.3, -0.25) is 14.9 Å². The summed E-state index contributed by atoms with van der Waals surface area (Å²) >= 11 is 2.73. The molecule has 3 heterocycles. The Kier molecular flexibility index (Phi) is 4.78. The number of amides is 1. The molecule has 6 nitrogen and oxygen atoms in total. The van der Waals surface area contributed by atoms with Gasteiger partial charge in [0.25, 0.3) is 0 Å². The monoisotopic (exact) mass is 400 g/mol. The number of nitrogens with zero attached hydrogens (tertiary/aromatic N) is 3. The second kappa shape index (κ2) is 7.37. The van der Waals surface area contributed by atoms with E-state index in [1.165, 1.54) is 34.8 Å². The second-order valence-corrected chi connectivity index (χ2v) is 7.49. The van der Waals surface area contributed by atoms with Gasteiger partial charge in [-0.05, 0) is 35.7 Å². The van der Waals surface area contributed by atoms with Crippen molar-refractivity contribution in [3.05, 3.63) is 57.9 Å². The van der Waals surface area contributed by atoms with Crippen LogP contribution in [0.15, 0.2) is 47.2 Å². The van der Waals surface area contributed by atoms with Crippen LogP contribution >= 0.6 is 22.7 Å². The Bertz CT molecular complexity index is 1100. The molecule has 0 radical (unpaired) electrons. The minimum Gasteiger partial charge on any atom is -0.293 e. The normalized spacial score (nSPS) is 11.0. The molecule has 0 aliphatic rings. The average molecular weight is 400 g/mol. The Balaban J connectivity index is 1.44. The summed E-state index contributed by atoms with van der Waals surface area (Å²) in [6, 6.07) is 9.62. The lowest BCUT2D eigenvalue weighted by Gasteiger charge is -2.00. The van der Waals surface area contributed by atoms with Crippen molar-refractivity contribution in [1.82, 2.24) is 14.6 Å². The Labute approximate surface area is 161 Å². The molecule has 0 aliphatic carbocycles. The van der Waals surface area contributed by atoms with E-state index in [4.69, 9.17) is 0 Å². The highest BCUT2D eigenvalue weighted by molar-refractivity contribution is 7.15. The van der Waals surface area contributed by atoms with Gasteiger partial charge in [0.05, 0.1) is 10.6 Å². The van der Waals surface area contributed by atoms with Crippen LogP contribution in [0, 0.1) is 5.82 Å². The Hall–Kier alpha value is -2.91. The number of aromatic nitrogens is 3. The van der Waals surface area contributed by atoms with E-state index >= 15 is 0 Å². The topological polar surface area (TPSA) is 76.4 Å². The van der Waals surface area contributed by atoms with Gasteiger partial charge in [0.2, 0.25) is 16.8 Å². The van der Waals surface area contributed by atoms with Crippen LogP contribution in [0.1, 0.15) is 22.5 Å². The van der Waals surface area contributed by atoms with Gasteiger partial charge in [0.1, 0.15) is 5.82 Å². The van der Waals surface area contributed by atoms with E-state index in [0.29, 0.717) is 9.84 Å². The van der Waals surface area contributed by atoms with Crippen LogP contribution in [-0.2, 0) is 4.79 Å². The summed E-state index contributed by atoms with van der Waals surface area (Å²) in [6.45, 7) is 0. The minimum atomic E-state index is -0.318. The van der Waals surface area contributed by atoms with Crippen molar-refractivity contribution in [3.8, 4) is 11.3 Å². The van der Waals surface area contributed by atoms with Crippen molar-refractivity contribution < 1.29 is 14.0 Å². The largest absolute Gasteiger partial charge is 0.293 e. The van der Waals surface area contributed by atoms with Gasteiger partial charge in [-0.1, -0.05) is 6.07 Å². The summed E-state index contributed by atoms with van der Waals surface area (Å²) in [5.41, 5.74) is 1.56. The van der Waals surface area contributed by atoms with E-state index in [1.54, 1.807) is 28.8 Å². The number of halogens is 1. The third kappa shape index (κ3) is 3.79. The van der Waals surface area contributed by atoms with Crippen LogP contribution in [-0.4, -0.2) is 26.3 Å². The Morgan fingerprint density at radius 2 is 1.93 bits per heavy atom. The number of benzene rings is 1. The van der Waals surface area contributed by atoms with Gasteiger partial charge in [-0.25, -0.2) is 8.91 Å². The first-order chi connectivity index (χ1) is 13.1. The number of hydrogen-bond acceptors (Lipinski definition) is 6. The molecule has 0 fully saturated rings. The van der Waals surface area contributed by atoms with E-state index in [9.17, 15) is 14.0 Å². The first-order valence-corrected chi connectivity index (χ1v) is 9.83. The van der Waals surface area contributed by atoms with Crippen LogP contribution in [0.5, 0.6) is 0 Å². The standard InChI is InChI=1S/C18H13FN4O2S2/c19-12-5-3-11(4-6-12)13-10-27-18-21-17(22-23(13)18)20-16(25)8-7-14(24)15-2-1-9-26-15/h1-6,9-10H,7-8H2,(H,20,22,25). The molecule has 1 aromatic carbocycles. The summed E-state index contributed by atoms with van der Waals surface area (Å²) in [5.74, 6) is -0.508. The molecule has 9 heteroatoms. The summed E-state index contributed by atoms with van der Waals surface area (Å²) in [5, 5.41) is 10.6. The highest BCUT2D eigenvalue weighted by Gasteiger charge is 2.15. The smallest absolute Gasteiger partial charge is 0.250 e. The van der Waals surface area contributed by atoms with Gasteiger partial charge >= 0.3 is 0 Å². The summed E-state index contributed by atoms with van der Waals surface area (Å²) < 4.78 is 14.7. The number of thiophene rings is 1. The van der Waals surface area contributed by atoms with Crippen molar-refractivity contribution in [2.75, 3.05) is 5.32 Å². The molecule has 0 saturated heterocycles. The maximum absolute atomic E-state index is 13.1. The zero-order valence-corrected chi connectivity index (χ0v) is 15.5. The van der Waals surface area contributed by atoms with Crippen LogP contribution in [0.3, 0.4) is 0 Å². The van der Waals surface area contributed by atoms with E-state index in [0.717, 1.165) is 11.3 Å². The molecule has 0 bridgehead atoms. The maximum Gasteiger partial charge on any atom is 0.250 e. The third-order valence-corrected chi connectivity index (χ3v) is 5.58. The summed E-state index contributed by atoms with van der Waals surface area (Å²) in [6.07, 6.45) is 0.198. The van der Waals surface area contributed by atoms with Crippen LogP contribution in [0.4, 0.5) is 10.3 Å². The lowest BCUT2D eigenvalue weighted by atomic mass is 10.2. The predicted molar refractivity (Wildman–Crippen MR) is 103 cm³/mol. The molecule has 1 amide bonds. The number of carbonyl (C=O) groups excluding carboxylic acids is 2. The van der Waals surface area contributed by atoms with Crippen molar-refractivity contribution in [3.63, 3.8) is 0 Å². The average Bonchev–Trinajstić information content (AvgIpc) is 3.37. The highest BCUT2D eigenvalue weighted by Crippen LogP contribution is 2.26. The number of fused-ring (bicyclic) bond motifs is 1. The van der Waals surface area contributed by atoms with Crippen LogP contribution < -0.4 is 5.32 Å². The molecule has 3 aromatic heterocycles. The maximum atomic E-state index is 13.1. The highest BCUT2D eigenvalue weighted by atomic mass is 32.1. The van der Waals surface area contributed by atoms with Crippen molar-refractivity contribution in [2.45, 2.75) is 12.8 Å². The van der Waals surface area contributed by atoms with Gasteiger partial charge in [0, 0.05) is 23.8 Å². The number of thiazole rings is 1. The number of carbonyl (C=O) groups is 2. The Morgan fingerprint density at radius 3 is 2.67 bits per heavy atom. The molecule has 4 aromatic rings. The SMILES string of the molecule is O=C(CCC(=O)c1cccs1)Nc1nc2scc(-c3ccc(F)cc3)n2n1. The first kappa shape index (κ1) is 17.5.